The third-order valence-electron chi connectivity index (χ3n) is 2.73. The molecule has 3 aromatic rings. The van der Waals surface area contributed by atoms with Crippen LogP contribution in [0.25, 0.3) is 16.7 Å². The zero-order valence-corrected chi connectivity index (χ0v) is 9.41. The number of pyridine rings is 1. The van der Waals surface area contributed by atoms with Crippen LogP contribution in [0.3, 0.4) is 0 Å². The Morgan fingerprint density at radius 1 is 1.11 bits per heavy atom. The fraction of sp³-hybridized carbons (Fsp3) is 0. The highest BCUT2D eigenvalue weighted by molar-refractivity contribution is 5.78. The largest absolute Gasteiger partial charge is 0.508 e. The van der Waals surface area contributed by atoms with Crippen molar-refractivity contribution in [3.63, 3.8) is 0 Å². The third-order valence-corrected chi connectivity index (χ3v) is 2.73. The molecule has 0 bridgehead atoms. The fourth-order valence-corrected chi connectivity index (χ4v) is 1.84. The molecule has 0 aliphatic heterocycles. The summed E-state index contributed by atoms with van der Waals surface area (Å²) < 4.78 is 7.07. The standard InChI is InChI=1S/C14H9NO3/c16-10-4-5-11-13(8-10)18-9-12(14(11)17)15-6-2-1-3-7-15/h1-9H/p+1. The number of hydrogen-bond donors (Lipinski definition) is 1. The summed E-state index contributed by atoms with van der Waals surface area (Å²) in [6.45, 7) is 0. The number of benzene rings is 1. The maximum absolute atomic E-state index is 12.3. The fourth-order valence-electron chi connectivity index (χ4n) is 1.84. The molecule has 4 heteroatoms. The third kappa shape index (κ3) is 1.64. The number of aromatic nitrogens is 1. The Hall–Kier alpha value is -2.62. The number of hydrogen-bond acceptors (Lipinski definition) is 3. The van der Waals surface area contributed by atoms with Crippen molar-refractivity contribution in [3.05, 3.63) is 65.3 Å². The molecule has 0 atom stereocenters. The van der Waals surface area contributed by atoms with Gasteiger partial charge in [-0.1, -0.05) is 6.07 Å². The first-order valence-electron chi connectivity index (χ1n) is 5.47. The zero-order chi connectivity index (χ0) is 12.5. The Kier molecular flexibility index (Phi) is 2.34. The van der Waals surface area contributed by atoms with Gasteiger partial charge in [0.15, 0.2) is 18.7 Å². The van der Waals surface area contributed by atoms with E-state index in [1.807, 2.05) is 18.2 Å². The van der Waals surface area contributed by atoms with Gasteiger partial charge in [-0.3, -0.25) is 4.79 Å². The van der Waals surface area contributed by atoms with Gasteiger partial charge in [0.05, 0.1) is 5.39 Å². The van der Waals surface area contributed by atoms with E-state index in [0.717, 1.165) is 0 Å². The summed E-state index contributed by atoms with van der Waals surface area (Å²) in [4.78, 5) is 12.3. The second-order valence-corrected chi connectivity index (χ2v) is 3.91. The molecule has 2 heterocycles. The van der Waals surface area contributed by atoms with Crippen LogP contribution < -0.4 is 10.00 Å². The summed E-state index contributed by atoms with van der Waals surface area (Å²) in [6, 6.07) is 10.00. The van der Waals surface area contributed by atoms with E-state index in [1.54, 1.807) is 23.0 Å². The Bertz CT molecular complexity index is 763. The van der Waals surface area contributed by atoms with Gasteiger partial charge >= 0.3 is 0 Å². The predicted molar refractivity (Wildman–Crippen MR) is 65.7 cm³/mol. The lowest BCUT2D eigenvalue weighted by molar-refractivity contribution is -0.597. The van der Waals surface area contributed by atoms with Gasteiger partial charge in [0, 0.05) is 18.2 Å². The number of fused-ring (bicyclic) bond motifs is 1. The summed E-state index contributed by atoms with van der Waals surface area (Å²) in [5.41, 5.74) is 0.682. The molecule has 0 radical (unpaired) electrons. The zero-order valence-electron chi connectivity index (χ0n) is 9.41. The molecule has 0 aliphatic carbocycles. The lowest BCUT2D eigenvalue weighted by Crippen LogP contribution is -2.35. The Morgan fingerprint density at radius 2 is 1.89 bits per heavy atom. The molecule has 0 amide bonds. The van der Waals surface area contributed by atoms with Crippen LogP contribution in [0.5, 0.6) is 5.75 Å². The lowest BCUT2D eigenvalue weighted by Gasteiger charge is -1.98. The summed E-state index contributed by atoms with van der Waals surface area (Å²) in [5.74, 6) is 0.0748. The van der Waals surface area contributed by atoms with Gasteiger partial charge in [-0.25, -0.2) is 0 Å². The molecule has 1 N–H and O–H groups in total. The molecule has 1 aromatic carbocycles. The van der Waals surface area contributed by atoms with Crippen LogP contribution in [0, 0.1) is 0 Å². The van der Waals surface area contributed by atoms with E-state index >= 15 is 0 Å². The van der Waals surface area contributed by atoms with Crippen molar-refractivity contribution in [3.8, 4) is 11.4 Å². The van der Waals surface area contributed by atoms with Crippen molar-refractivity contribution in [1.29, 1.82) is 0 Å². The van der Waals surface area contributed by atoms with E-state index in [9.17, 15) is 9.90 Å². The Balaban J connectivity index is 2.31. The second-order valence-electron chi connectivity index (χ2n) is 3.91. The van der Waals surface area contributed by atoms with Crippen molar-refractivity contribution >= 4 is 11.0 Å². The van der Waals surface area contributed by atoms with E-state index in [2.05, 4.69) is 0 Å². The molecule has 88 valence electrons. The van der Waals surface area contributed by atoms with Crippen LogP contribution in [-0.2, 0) is 0 Å². The SMILES string of the molecule is O=c1c(-[n+]2ccccc2)coc2cc(O)ccc12. The second kappa shape index (κ2) is 4.00. The molecular weight excluding hydrogens is 230 g/mol. The molecule has 4 nitrogen and oxygen atoms in total. The van der Waals surface area contributed by atoms with Crippen molar-refractivity contribution < 1.29 is 14.1 Å². The molecule has 0 aliphatic rings. The van der Waals surface area contributed by atoms with E-state index in [4.69, 9.17) is 4.42 Å². The molecule has 0 unspecified atom stereocenters. The normalized spacial score (nSPS) is 10.7. The molecular formula is C14H10NO3+. The van der Waals surface area contributed by atoms with Gasteiger partial charge in [-0.05, 0) is 12.1 Å². The number of phenolic OH excluding ortho intramolecular Hbond substituents is 1. The van der Waals surface area contributed by atoms with E-state index in [0.29, 0.717) is 16.7 Å². The maximum Gasteiger partial charge on any atom is 0.294 e. The van der Waals surface area contributed by atoms with Crippen molar-refractivity contribution in [2.75, 3.05) is 0 Å². The van der Waals surface area contributed by atoms with Crippen molar-refractivity contribution in [2.24, 2.45) is 0 Å². The van der Waals surface area contributed by atoms with E-state index in [-0.39, 0.29) is 11.2 Å². The number of phenols is 1. The first-order valence-corrected chi connectivity index (χ1v) is 5.47. The molecule has 3 rings (SSSR count). The minimum atomic E-state index is -0.132. The van der Waals surface area contributed by atoms with Gasteiger partial charge < -0.3 is 9.52 Å². The van der Waals surface area contributed by atoms with Gasteiger partial charge in [0.25, 0.3) is 11.1 Å². The van der Waals surface area contributed by atoms with Gasteiger partial charge in [0.1, 0.15) is 11.3 Å². The molecule has 0 saturated carbocycles. The number of aromatic hydroxyl groups is 1. The van der Waals surface area contributed by atoms with Crippen LogP contribution >= 0.6 is 0 Å². The monoisotopic (exact) mass is 240 g/mol. The van der Waals surface area contributed by atoms with Gasteiger partial charge in [0.2, 0.25) is 0 Å². The lowest BCUT2D eigenvalue weighted by atomic mass is 10.2. The summed E-state index contributed by atoms with van der Waals surface area (Å²) in [7, 11) is 0. The van der Waals surface area contributed by atoms with E-state index in [1.165, 1.54) is 18.4 Å². The molecule has 0 fully saturated rings. The highest BCUT2D eigenvalue weighted by atomic mass is 16.3. The Morgan fingerprint density at radius 3 is 2.67 bits per heavy atom. The van der Waals surface area contributed by atoms with Gasteiger partial charge in [-0.15, -0.1) is 0 Å². The Labute approximate surface area is 102 Å². The molecule has 0 spiro atoms. The summed E-state index contributed by atoms with van der Waals surface area (Å²) in [5, 5.41) is 9.79. The topological polar surface area (TPSA) is 54.3 Å². The summed E-state index contributed by atoms with van der Waals surface area (Å²) >= 11 is 0. The number of nitrogens with zero attached hydrogens (tertiary/aromatic N) is 1. The first-order chi connectivity index (χ1) is 8.75. The van der Waals surface area contributed by atoms with E-state index < -0.39 is 0 Å². The quantitative estimate of drug-likeness (QED) is 0.659. The van der Waals surface area contributed by atoms with Crippen LogP contribution in [0.4, 0.5) is 0 Å². The molecule has 0 saturated heterocycles. The summed E-state index contributed by atoms with van der Waals surface area (Å²) in [6.07, 6.45) is 4.95. The number of rotatable bonds is 1. The van der Waals surface area contributed by atoms with Crippen LogP contribution in [0.15, 0.2) is 64.3 Å². The smallest absolute Gasteiger partial charge is 0.294 e. The van der Waals surface area contributed by atoms with Crippen LogP contribution in [-0.4, -0.2) is 5.11 Å². The first kappa shape index (κ1) is 10.5. The average molecular weight is 240 g/mol. The predicted octanol–water partition coefficient (Wildman–Crippen LogP) is 1.78. The van der Waals surface area contributed by atoms with Crippen LogP contribution in [0.2, 0.25) is 0 Å². The highest BCUT2D eigenvalue weighted by Crippen LogP contribution is 2.17. The average Bonchev–Trinajstić information content (AvgIpc) is 2.40. The highest BCUT2D eigenvalue weighted by Gasteiger charge is 2.14. The van der Waals surface area contributed by atoms with Crippen LogP contribution in [0.1, 0.15) is 0 Å². The van der Waals surface area contributed by atoms with Crippen molar-refractivity contribution in [1.82, 2.24) is 0 Å². The minimum Gasteiger partial charge on any atom is -0.508 e. The van der Waals surface area contributed by atoms with Gasteiger partial charge in [-0.2, -0.15) is 4.57 Å². The maximum atomic E-state index is 12.3. The molecule has 2 aromatic heterocycles. The van der Waals surface area contributed by atoms with Crippen molar-refractivity contribution in [2.45, 2.75) is 0 Å². The minimum absolute atomic E-state index is 0.0748. The molecule has 18 heavy (non-hydrogen) atoms.